The monoisotopic (exact) mass is 304 g/mol. The number of non-ortho nitro benzene ring substituents is 1. The number of hydrogen-bond donors (Lipinski definition) is 1. The molecule has 1 amide bonds. The molecule has 0 aliphatic heterocycles. The van der Waals surface area contributed by atoms with E-state index in [9.17, 15) is 14.9 Å². The van der Waals surface area contributed by atoms with E-state index in [2.05, 4.69) is 5.32 Å². The molecule has 0 saturated carbocycles. The van der Waals surface area contributed by atoms with Gasteiger partial charge >= 0.3 is 0 Å². The highest BCUT2D eigenvalue weighted by Gasteiger charge is 2.19. The van der Waals surface area contributed by atoms with Crippen LogP contribution in [-0.4, -0.2) is 10.8 Å². The van der Waals surface area contributed by atoms with Gasteiger partial charge in [0.2, 0.25) is 5.91 Å². The van der Waals surface area contributed by atoms with E-state index in [-0.39, 0.29) is 23.6 Å². The molecular weight excluding hydrogens is 288 g/mol. The summed E-state index contributed by atoms with van der Waals surface area (Å²) >= 11 is 1.60. The molecule has 0 spiro atoms. The lowest BCUT2D eigenvalue weighted by molar-refractivity contribution is -0.384. The highest BCUT2D eigenvalue weighted by Crippen LogP contribution is 2.22. The Morgan fingerprint density at radius 1 is 1.24 bits per heavy atom. The van der Waals surface area contributed by atoms with Crippen LogP contribution in [0.3, 0.4) is 0 Å². The number of carbonyl (C=O) groups excluding carboxylic acids is 1. The van der Waals surface area contributed by atoms with Gasteiger partial charge in [-0.1, -0.05) is 18.2 Å². The van der Waals surface area contributed by atoms with E-state index in [1.807, 2.05) is 24.4 Å². The van der Waals surface area contributed by atoms with Crippen LogP contribution in [0, 0.1) is 10.1 Å². The van der Waals surface area contributed by atoms with Crippen LogP contribution in [-0.2, 0) is 4.79 Å². The van der Waals surface area contributed by atoms with Gasteiger partial charge in [-0.3, -0.25) is 14.9 Å². The van der Waals surface area contributed by atoms with Crippen molar-refractivity contribution in [2.24, 2.45) is 0 Å². The molecule has 0 bridgehead atoms. The van der Waals surface area contributed by atoms with Gasteiger partial charge < -0.3 is 5.32 Å². The Hall–Kier alpha value is -2.21. The first-order chi connectivity index (χ1) is 9.99. The first-order valence-electron chi connectivity index (χ1n) is 6.57. The van der Waals surface area contributed by atoms with E-state index in [1.165, 1.54) is 12.1 Å². The molecule has 0 aliphatic carbocycles. The van der Waals surface area contributed by atoms with Crippen molar-refractivity contribution in [2.45, 2.75) is 25.8 Å². The standard InChI is InChI=1S/C15H16N2O3S/c1-10(12-5-7-13(8-6-12)17(19)20)15(18)16-11(2)14-4-3-9-21-14/h3-11H,1-2H3,(H,16,18). The van der Waals surface area contributed by atoms with E-state index in [0.717, 1.165) is 10.4 Å². The Bertz CT molecular complexity index is 623. The van der Waals surface area contributed by atoms with Crippen molar-refractivity contribution in [3.05, 3.63) is 62.3 Å². The summed E-state index contributed by atoms with van der Waals surface area (Å²) < 4.78 is 0. The predicted octanol–water partition coefficient (Wildman–Crippen LogP) is 3.64. The van der Waals surface area contributed by atoms with Gasteiger partial charge in [0.25, 0.3) is 5.69 Å². The van der Waals surface area contributed by atoms with Gasteiger partial charge in [0.1, 0.15) is 0 Å². The van der Waals surface area contributed by atoms with Crippen molar-refractivity contribution in [1.29, 1.82) is 0 Å². The summed E-state index contributed by atoms with van der Waals surface area (Å²) in [5.74, 6) is -0.446. The van der Waals surface area contributed by atoms with Gasteiger partial charge in [0, 0.05) is 17.0 Å². The van der Waals surface area contributed by atoms with Crippen LogP contribution in [0.5, 0.6) is 0 Å². The fraction of sp³-hybridized carbons (Fsp3) is 0.267. The average molecular weight is 304 g/mol. The quantitative estimate of drug-likeness (QED) is 0.677. The Morgan fingerprint density at radius 3 is 2.43 bits per heavy atom. The molecule has 1 aromatic carbocycles. The van der Waals surface area contributed by atoms with Gasteiger partial charge in [-0.2, -0.15) is 0 Å². The minimum atomic E-state index is -0.451. The van der Waals surface area contributed by atoms with E-state index in [1.54, 1.807) is 30.4 Å². The third-order valence-electron chi connectivity index (χ3n) is 3.33. The molecule has 0 fully saturated rings. The highest BCUT2D eigenvalue weighted by atomic mass is 32.1. The maximum absolute atomic E-state index is 12.2. The van der Waals surface area contributed by atoms with Crippen LogP contribution in [0.4, 0.5) is 5.69 Å². The van der Waals surface area contributed by atoms with Crippen molar-refractivity contribution in [3.63, 3.8) is 0 Å². The summed E-state index contributed by atoms with van der Waals surface area (Å²) in [7, 11) is 0. The largest absolute Gasteiger partial charge is 0.348 e. The molecular formula is C15H16N2O3S. The summed E-state index contributed by atoms with van der Waals surface area (Å²) in [4.78, 5) is 23.5. The zero-order valence-electron chi connectivity index (χ0n) is 11.8. The molecule has 0 aliphatic rings. The molecule has 6 heteroatoms. The zero-order chi connectivity index (χ0) is 15.4. The molecule has 0 radical (unpaired) electrons. The number of benzene rings is 1. The number of nitrogens with one attached hydrogen (secondary N) is 1. The SMILES string of the molecule is CC(NC(=O)C(C)c1ccc([N+](=O)[O-])cc1)c1cccs1. The maximum atomic E-state index is 12.2. The molecule has 2 unspecified atom stereocenters. The minimum Gasteiger partial charge on any atom is -0.348 e. The summed E-state index contributed by atoms with van der Waals surface area (Å²) in [6, 6.07) is 9.96. The lowest BCUT2D eigenvalue weighted by Gasteiger charge is -2.16. The molecule has 2 atom stereocenters. The molecule has 1 heterocycles. The summed E-state index contributed by atoms with van der Waals surface area (Å²) in [5, 5.41) is 15.5. The topological polar surface area (TPSA) is 72.2 Å². The zero-order valence-corrected chi connectivity index (χ0v) is 12.6. The number of carbonyl (C=O) groups is 1. The number of amides is 1. The third kappa shape index (κ3) is 3.66. The van der Waals surface area contributed by atoms with Crippen LogP contribution in [0.2, 0.25) is 0 Å². The fourth-order valence-corrected chi connectivity index (χ4v) is 2.72. The second kappa shape index (κ2) is 6.49. The first kappa shape index (κ1) is 15.2. The number of nitro benzene ring substituents is 1. The van der Waals surface area contributed by atoms with Gasteiger partial charge in [-0.05, 0) is 30.9 Å². The Morgan fingerprint density at radius 2 is 1.90 bits per heavy atom. The van der Waals surface area contributed by atoms with Gasteiger partial charge in [0.05, 0.1) is 16.9 Å². The Labute approximate surface area is 126 Å². The summed E-state index contributed by atoms with van der Waals surface area (Å²) in [6.07, 6.45) is 0. The van der Waals surface area contributed by atoms with Gasteiger partial charge in [-0.15, -0.1) is 11.3 Å². The average Bonchev–Trinajstić information content (AvgIpc) is 3.00. The Balaban J connectivity index is 2.03. The number of rotatable bonds is 5. The second-order valence-corrected chi connectivity index (χ2v) is 5.80. The maximum Gasteiger partial charge on any atom is 0.269 e. The number of nitrogens with zero attached hydrogens (tertiary/aromatic N) is 1. The summed E-state index contributed by atoms with van der Waals surface area (Å²) in [6.45, 7) is 3.73. The van der Waals surface area contributed by atoms with Crippen LogP contribution in [0.25, 0.3) is 0 Å². The number of nitro groups is 1. The van der Waals surface area contributed by atoms with Crippen molar-refractivity contribution in [3.8, 4) is 0 Å². The van der Waals surface area contributed by atoms with Gasteiger partial charge in [-0.25, -0.2) is 0 Å². The molecule has 1 N–H and O–H groups in total. The van der Waals surface area contributed by atoms with E-state index in [4.69, 9.17) is 0 Å². The molecule has 5 nitrogen and oxygen atoms in total. The van der Waals surface area contributed by atoms with Crippen molar-refractivity contribution >= 4 is 22.9 Å². The Kier molecular flexibility index (Phi) is 4.70. The number of hydrogen-bond acceptors (Lipinski definition) is 4. The van der Waals surface area contributed by atoms with E-state index < -0.39 is 4.92 Å². The van der Waals surface area contributed by atoms with Crippen LogP contribution < -0.4 is 5.32 Å². The molecule has 21 heavy (non-hydrogen) atoms. The molecule has 0 saturated heterocycles. The summed E-state index contributed by atoms with van der Waals surface area (Å²) in [5.41, 5.74) is 0.787. The molecule has 2 rings (SSSR count). The highest BCUT2D eigenvalue weighted by molar-refractivity contribution is 7.10. The molecule has 1 aromatic heterocycles. The third-order valence-corrected chi connectivity index (χ3v) is 4.38. The van der Waals surface area contributed by atoms with E-state index >= 15 is 0 Å². The second-order valence-electron chi connectivity index (χ2n) is 4.82. The first-order valence-corrected chi connectivity index (χ1v) is 7.45. The van der Waals surface area contributed by atoms with E-state index in [0.29, 0.717) is 0 Å². The lowest BCUT2D eigenvalue weighted by Crippen LogP contribution is -2.30. The predicted molar refractivity (Wildman–Crippen MR) is 82.4 cm³/mol. The molecule has 2 aromatic rings. The van der Waals surface area contributed by atoms with Crippen molar-refractivity contribution in [1.82, 2.24) is 5.32 Å². The van der Waals surface area contributed by atoms with Gasteiger partial charge in [0.15, 0.2) is 0 Å². The van der Waals surface area contributed by atoms with Crippen molar-refractivity contribution < 1.29 is 9.72 Å². The number of thiophene rings is 1. The normalized spacial score (nSPS) is 13.4. The lowest BCUT2D eigenvalue weighted by atomic mass is 9.99. The smallest absolute Gasteiger partial charge is 0.269 e. The van der Waals surface area contributed by atoms with Crippen LogP contribution >= 0.6 is 11.3 Å². The fourth-order valence-electron chi connectivity index (χ4n) is 1.98. The molecule has 110 valence electrons. The van der Waals surface area contributed by atoms with Crippen LogP contribution in [0.15, 0.2) is 41.8 Å². The van der Waals surface area contributed by atoms with Crippen molar-refractivity contribution in [2.75, 3.05) is 0 Å². The minimum absolute atomic E-state index is 0.0262. The van der Waals surface area contributed by atoms with Crippen LogP contribution in [0.1, 0.15) is 36.2 Å².